The lowest BCUT2D eigenvalue weighted by Crippen LogP contribution is -2.35. The number of hydrogen-bond donors (Lipinski definition) is 0. The van der Waals surface area contributed by atoms with Crippen molar-refractivity contribution in [1.82, 2.24) is 4.90 Å². The molecular weight excluding hydrogens is 373 g/mol. The highest BCUT2D eigenvalue weighted by atomic mass is 35.5. The number of benzene rings is 2. The van der Waals surface area contributed by atoms with Crippen LogP contribution in [0.2, 0.25) is 5.02 Å². The van der Waals surface area contributed by atoms with E-state index in [0.717, 1.165) is 5.56 Å². The van der Waals surface area contributed by atoms with E-state index in [0.29, 0.717) is 54.8 Å². The highest BCUT2D eigenvalue weighted by Gasteiger charge is 2.29. The summed E-state index contributed by atoms with van der Waals surface area (Å²) >= 11 is 6.18. The number of ether oxygens (including phenoxy) is 3. The van der Waals surface area contributed by atoms with Gasteiger partial charge in [-0.15, -0.1) is 0 Å². The molecule has 27 heavy (non-hydrogen) atoms. The van der Waals surface area contributed by atoms with Gasteiger partial charge in [-0.1, -0.05) is 23.7 Å². The van der Waals surface area contributed by atoms with Gasteiger partial charge in [-0.25, -0.2) is 4.39 Å². The van der Waals surface area contributed by atoms with Crippen LogP contribution in [0.4, 0.5) is 4.39 Å². The minimum absolute atomic E-state index is 0.00515. The van der Waals surface area contributed by atoms with Crippen molar-refractivity contribution in [3.63, 3.8) is 0 Å². The van der Waals surface area contributed by atoms with E-state index >= 15 is 0 Å². The normalized spacial score (nSPS) is 17.9. The zero-order valence-corrected chi connectivity index (χ0v) is 15.4. The Hall–Kier alpha value is -2.31. The Morgan fingerprint density at radius 2 is 2.00 bits per heavy atom. The molecule has 5 nitrogen and oxygen atoms in total. The third-order valence-corrected chi connectivity index (χ3v) is 5.13. The number of amides is 1. The summed E-state index contributed by atoms with van der Waals surface area (Å²) < 4.78 is 29.5. The molecule has 0 saturated carbocycles. The second-order valence-corrected chi connectivity index (χ2v) is 7.09. The Bertz CT molecular complexity index is 854. The fourth-order valence-corrected chi connectivity index (χ4v) is 3.54. The summed E-state index contributed by atoms with van der Waals surface area (Å²) in [5, 5.41) is 0.307. The fourth-order valence-electron chi connectivity index (χ4n) is 3.31. The van der Waals surface area contributed by atoms with Crippen LogP contribution in [0.5, 0.6) is 11.5 Å². The van der Waals surface area contributed by atoms with Gasteiger partial charge in [-0.05, 0) is 41.8 Å². The third kappa shape index (κ3) is 4.01. The summed E-state index contributed by atoms with van der Waals surface area (Å²) in [6, 6.07) is 9.85. The Morgan fingerprint density at radius 1 is 1.15 bits per heavy atom. The van der Waals surface area contributed by atoms with Crippen LogP contribution < -0.4 is 9.47 Å². The van der Waals surface area contributed by atoms with E-state index < -0.39 is 5.82 Å². The van der Waals surface area contributed by atoms with Crippen molar-refractivity contribution >= 4 is 17.5 Å². The van der Waals surface area contributed by atoms with Crippen LogP contribution in [0, 0.1) is 11.7 Å². The molecule has 0 aromatic heterocycles. The minimum atomic E-state index is -0.401. The molecule has 0 aliphatic carbocycles. The number of hydrogen-bond acceptors (Lipinski definition) is 4. The van der Waals surface area contributed by atoms with Gasteiger partial charge in [0.05, 0.1) is 12.5 Å². The van der Waals surface area contributed by atoms with E-state index in [1.54, 1.807) is 11.0 Å². The van der Waals surface area contributed by atoms with Gasteiger partial charge in [0.1, 0.15) is 5.82 Å². The maximum Gasteiger partial charge on any atom is 0.231 e. The van der Waals surface area contributed by atoms with E-state index in [-0.39, 0.29) is 18.6 Å². The maximum absolute atomic E-state index is 13.4. The molecule has 2 heterocycles. The average Bonchev–Trinajstić information content (AvgIpc) is 3.34. The van der Waals surface area contributed by atoms with Crippen molar-refractivity contribution in [2.45, 2.75) is 19.5 Å². The van der Waals surface area contributed by atoms with Gasteiger partial charge in [0.15, 0.2) is 11.5 Å². The van der Waals surface area contributed by atoms with E-state index in [4.69, 9.17) is 25.8 Å². The molecule has 4 rings (SSSR count). The molecule has 0 radical (unpaired) electrons. The lowest BCUT2D eigenvalue weighted by Gasteiger charge is -2.26. The fraction of sp³-hybridized carbons (Fsp3) is 0.350. The zero-order chi connectivity index (χ0) is 18.8. The molecule has 1 fully saturated rings. The number of rotatable bonds is 5. The van der Waals surface area contributed by atoms with E-state index in [1.807, 2.05) is 18.2 Å². The largest absolute Gasteiger partial charge is 0.454 e. The lowest BCUT2D eigenvalue weighted by molar-refractivity contribution is -0.136. The second kappa shape index (κ2) is 7.74. The molecule has 2 aliphatic heterocycles. The molecular formula is C20H19ClFNO4. The van der Waals surface area contributed by atoms with Crippen LogP contribution in [0.3, 0.4) is 0 Å². The molecule has 2 aromatic rings. The molecule has 1 atom stereocenters. The SMILES string of the molecule is O=C([C@H]1CCOC1)N(Cc1ccc2c(c1)OCO2)Cc1ccc(F)cc1Cl. The van der Waals surface area contributed by atoms with Gasteiger partial charge in [0.25, 0.3) is 0 Å². The minimum Gasteiger partial charge on any atom is -0.454 e. The van der Waals surface area contributed by atoms with Crippen molar-refractivity contribution in [3.05, 3.63) is 58.4 Å². The Balaban J connectivity index is 1.58. The molecule has 0 spiro atoms. The second-order valence-electron chi connectivity index (χ2n) is 6.68. The number of fused-ring (bicyclic) bond motifs is 1. The summed E-state index contributed by atoms with van der Waals surface area (Å²) in [5.41, 5.74) is 1.62. The lowest BCUT2D eigenvalue weighted by atomic mass is 10.1. The Morgan fingerprint density at radius 3 is 2.78 bits per heavy atom. The van der Waals surface area contributed by atoms with Gasteiger partial charge in [-0.2, -0.15) is 0 Å². The number of carbonyl (C=O) groups is 1. The first kappa shape index (κ1) is 18.1. The van der Waals surface area contributed by atoms with Gasteiger partial charge in [0.2, 0.25) is 12.7 Å². The van der Waals surface area contributed by atoms with Gasteiger partial charge < -0.3 is 19.1 Å². The topological polar surface area (TPSA) is 48.0 Å². The van der Waals surface area contributed by atoms with Crippen LogP contribution in [0.15, 0.2) is 36.4 Å². The Kier molecular flexibility index (Phi) is 5.18. The molecule has 7 heteroatoms. The molecule has 1 amide bonds. The van der Waals surface area contributed by atoms with Crippen molar-refractivity contribution < 1.29 is 23.4 Å². The summed E-state index contributed by atoms with van der Waals surface area (Å²) in [5.74, 6) is 0.802. The molecule has 0 N–H and O–H groups in total. The van der Waals surface area contributed by atoms with Gasteiger partial charge in [0, 0.05) is 24.7 Å². The zero-order valence-electron chi connectivity index (χ0n) is 14.6. The first-order valence-electron chi connectivity index (χ1n) is 8.79. The van der Waals surface area contributed by atoms with Crippen LogP contribution >= 0.6 is 11.6 Å². The first-order chi connectivity index (χ1) is 13.1. The smallest absolute Gasteiger partial charge is 0.231 e. The molecule has 0 unspecified atom stereocenters. The summed E-state index contributed by atoms with van der Waals surface area (Å²) in [6.07, 6.45) is 0.702. The molecule has 1 saturated heterocycles. The Labute approximate surface area is 161 Å². The van der Waals surface area contributed by atoms with Crippen molar-refractivity contribution in [2.24, 2.45) is 5.92 Å². The highest BCUT2D eigenvalue weighted by molar-refractivity contribution is 6.31. The van der Waals surface area contributed by atoms with Crippen LogP contribution in [0.25, 0.3) is 0 Å². The summed E-state index contributed by atoms with van der Waals surface area (Å²) in [7, 11) is 0. The molecule has 142 valence electrons. The molecule has 2 aliphatic rings. The molecule has 2 aromatic carbocycles. The van der Waals surface area contributed by atoms with E-state index in [1.165, 1.54) is 12.1 Å². The van der Waals surface area contributed by atoms with Crippen molar-refractivity contribution in [1.29, 1.82) is 0 Å². The van der Waals surface area contributed by atoms with Gasteiger partial charge >= 0.3 is 0 Å². The predicted octanol–water partition coefficient (Wildman–Crippen LogP) is 3.77. The van der Waals surface area contributed by atoms with Gasteiger partial charge in [-0.3, -0.25) is 4.79 Å². The number of carbonyl (C=O) groups excluding carboxylic acids is 1. The van der Waals surface area contributed by atoms with Crippen LogP contribution in [-0.2, 0) is 22.6 Å². The third-order valence-electron chi connectivity index (χ3n) is 4.78. The summed E-state index contributed by atoms with van der Waals surface area (Å²) in [4.78, 5) is 14.8. The number of halogens is 2. The quantitative estimate of drug-likeness (QED) is 0.778. The van der Waals surface area contributed by atoms with E-state index in [2.05, 4.69) is 0 Å². The monoisotopic (exact) mass is 391 g/mol. The van der Waals surface area contributed by atoms with E-state index in [9.17, 15) is 9.18 Å². The van der Waals surface area contributed by atoms with Crippen LogP contribution in [0.1, 0.15) is 17.5 Å². The number of nitrogens with zero attached hydrogens (tertiary/aromatic N) is 1. The average molecular weight is 392 g/mol. The van der Waals surface area contributed by atoms with Crippen molar-refractivity contribution in [3.8, 4) is 11.5 Å². The summed E-state index contributed by atoms with van der Waals surface area (Å²) in [6.45, 7) is 1.90. The highest BCUT2D eigenvalue weighted by Crippen LogP contribution is 2.33. The van der Waals surface area contributed by atoms with Crippen molar-refractivity contribution in [2.75, 3.05) is 20.0 Å². The standard InChI is InChI=1S/C20H19ClFNO4/c21-17-8-16(22)3-2-14(17)10-23(20(24)15-5-6-25-11-15)9-13-1-4-18-19(7-13)27-12-26-18/h1-4,7-8,15H,5-6,9-12H2/t15-/m0/s1. The maximum atomic E-state index is 13.4. The molecule has 0 bridgehead atoms. The predicted molar refractivity (Wildman–Crippen MR) is 97.2 cm³/mol. The van der Waals surface area contributed by atoms with Crippen LogP contribution in [-0.4, -0.2) is 30.8 Å². The first-order valence-corrected chi connectivity index (χ1v) is 9.17.